The molecule has 0 N–H and O–H groups in total. The molecule has 4 aliphatic rings. The van der Waals surface area contributed by atoms with Gasteiger partial charge in [-0.1, -0.05) is 194 Å². The van der Waals surface area contributed by atoms with Gasteiger partial charge in [0.15, 0.2) is 0 Å². The second kappa shape index (κ2) is 17.2. The maximum Gasteiger partial charge on any atom is 0.0544 e. The molecule has 0 fully saturated rings. The molecule has 0 bridgehead atoms. The first kappa shape index (κ1) is 49.6. The molecular formula is C80H67N3. The summed E-state index contributed by atoms with van der Waals surface area (Å²) in [6.07, 6.45) is 0. The summed E-state index contributed by atoms with van der Waals surface area (Å²) in [5.74, 6) is 0. The lowest BCUT2D eigenvalue weighted by molar-refractivity contribution is 0.597. The van der Waals surface area contributed by atoms with Gasteiger partial charge in [0, 0.05) is 38.1 Å². The first-order valence-electron chi connectivity index (χ1n) is 29.7. The third-order valence-electron chi connectivity index (χ3n) is 20.0. The zero-order valence-electron chi connectivity index (χ0n) is 49.2. The Hall–Kier alpha value is -9.18. The van der Waals surface area contributed by atoms with Gasteiger partial charge in [-0.05, 0) is 200 Å². The number of fused-ring (bicyclic) bond motifs is 11. The molecule has 1 aromatic heterocycles. The monoisotopic (exact) mass is 1070 g/mol. The lowest BCUT2D eigenvalue weighted by Crippen LogP contribution is -2.38. The van der Waals surface area contributed by atoms with Crippen LogP contribution in [0.3, 0.4) is 0 Å². The highest BCUT2D eigenvalue weighted by Crippen LogP contribution is 2.63. The van der Waals surface area contributed by atoms with Crippen LogP contribution in [0.2, 0.25) is 0 Å². The van der Waals surface area contributed by atoms with Crippen molar-refractivity contribution in [2.45, 2.75) is 90.9 Å². The SMILES string of the molecule is Cc1ccc2c(c1)C(C)(C)c1cc(-c3ccc4c(c3)c3cc(-c5cc6c7c(c5)C(C)(C)c5cc(-c8ccccc8)ccc5N7c5ccc(-c7ccccc7)cc5C6(C)C)ccc3n4-c3ccccc3)cc3c1N2c1ccc(C)cc1C3(C)C. The first-order valence-corrected chi connectivity index (χ1v) is 29.7. The molecule has 0 radical (unpaired) electrons. The van der Waals surface area contributed by atoms with E-state index in [0.717, 1.165) is 5.69 Å². The Morgan fingerprint density at radius 3 is 0.928 bits per heavy atom. The van der Waals surface area contributed by atoms with E-state index in [4.69, 9.17) is 0 Å². The molecular weight excluding hydrogens is 1000 g/mol. The van der Waals surface area contributed by atoms with E-state index in [1.54, 1.807) is 0 Å². The molecule has 4 aliphatic heterocycles. The number of benzene rings is 11. The van der Waals surface area contributed by atoms with E-state index in [1.807, 2.05) is 0 Å². The highest BCUT2D eigenvalue weighted by molar-refractivity contribution is 6.12. The topological polar surface area (TPSA) is 11.4 Å². The molecule has 12 aromatic rings. The molecule has 0 aliphatic carbocycles. The summed E-state index contributed by atoms with van der Waals surface area (Å²) in [4.78, 5) is 5.19. The molecule has 11 aromatic carbocycles. The number of nitrogens with zero attached hydrogens (tertiary/aromatic N) is 3. The lowest BCUT2D eigenvalue weighted by atomic mass is 9.65. The summed E-state index contributed by atoms with van der Waals surface area (Å²) in [6.45, 7) is 24.0. The minimum absolute atomic E-state index is 0.245. The predicted molar refractivity (Wildman–Crippen MR) is 350 cm³/mol. The van der Waals surface area contributed by atoms with Crippen LogP contribution in [-0.2, 0) is 21.7 Å². The lowest BCUT2D eigenvalue weighted by Gasteiger charge is -2.50. The average molecular weight is 1070 g/mol. The fourth-order valence-corrected chi connectivity index (χ4v) is 15.3. The number of anilines is 6. The van der Waals surface area contributed by atoms with Crippen LogP contribution in [0.25, 0.3) is 72.0 Å². The van der Waals surface area contributed by atoms with E-state index < -0.39 is 0 Å². The average Bonchev–Trinajstić information content (AvgIpc) is 1.36. The van der Waals surface area contributed by atoms with E-state index in [9.17, 15) is 0 Å². The Balaban J connectivity index is 0.916. The van der Waals surface area contributed by atoms with Gasteiger partial charge in [0.25, 0.3) is 0 Å². The molecule has 0 unspecified atom stereocenters. The Bertz CT molecular complexity index is 4530. The van der Waals surface area contributed by atoms with Crippen LogP contribution >= 0.6 is 0 Å². The summed E-state index contributed by atoms with van der Waals surface area (Å²) in [5, 5.41) is 2.48. The second-order valence-electron chi connectivity index (χ2n) is 26.4. The molecule has 0 atom stereocenters. The Labute approximate surface area is 488 Å². The minimum Gasteiger partial charge on any atom is -0.309 e. The van der Waals surface area contributed by atoms with Crippen LogP contribution < -0.4 is 9.80 Å². The molecule has 0 amide bonds. The predicted octanol–water partition coefficient (Wildman–Crippen LogP) is 21.6. The first-order chi connectivity index (χ1) is 40.0. The van der Waals surface area contributed by atoms with Crippen LogP contribution in [0, 0.1) is 13.8 Å². The Kier molecular flexibility index (Phi) is 10.3. The van der Waals surface area contributed by atoms with Crippen LogP contribution in [0.1, 0.15) is 111 Å². The van der Waals surface area contributed by atoms with Crippen LogP contribution in [-0.4, -0.2) is 4.57 Å². The normalized spacial score (nSPS) is 15.9. The summed E-state index contributed by atoms with van der Waals surface area (Å²) < 4.78 is 2.47. The molecule has 0 saturated carbocycles. The second-order valence-corrected chi connectivity index (χ2v) is 26.4. The number of para-hydroxylation sites is 1. The number of hydrogen-bond donors (Lipinski definition) is 0. The minimum atomic E-state index is -0.327. The van der Waals surface area contributed by atoms with Crippen LogP contribution in [0.5, 0.6) is 0 Å². The summed E-state index contributed by atoms with van der Waals surface area (Å²) in [6, 6.07) is 85.8. The largest absolute Gasteiger partial charge is 0.309 e. The van der Waals surface area contributed by atoms with Crippen molar-refractivity contribution in [2.75, 3.05) is 9.80 Å². The van der Waals surface area contributed by atoms with Gasteiger partial charge in [-0.15, -0.1) is 0 Å². The van der Waals surface area contributed by atoms with E-state index in [2.05, 4.69) is 308 Å². The van der Waals surface area contributed by atoms with Gasteiger partial charge in [-0.2, -0.15) is 0 Å². The van der Waals surface area contributed by atoms with Crippen molar-refractivity contribution in [3.05, 3.63) is 280 Å². The summed E-state index contributed by atoms with van der Waals surface area (Å²) in [5.41, 5.74) is 33.4. The number of rotatable bonds is 5. The molecule has 83 heavy (non-hydrogen) atoms. The number of aromatic nitrogens is 1. The molecule has 0 spiro atoms. The van der Waals surface area contributed by atoms with Gasteiger partial charge >= 0.3 is 0 Å². The van der Waals surface area contributed by atoms with Crippen LogP contribution in [0.4, 0.5) is 34.1 Å². The van der Waals surface area contributed by atoms with Gasteiger partial charge in [-0.25, -0.2) is 0 Å². The highest BCUT2D eigenvalue weighted by Gasteiger charge is 2.48. The van der Waals surface area contributed by atoms with E-state index in [0.29, 0.717) is 0 Å². The van der Waals surface area contributed by atoms with E-state index >= 15 is 0 Å². The van der Waals surface area contributed by atoms with Crippen molar-refractivity contribution >= 4 is 55.9 Å². The standard InChI is InChI=1S/C80H67N3/c1-48-26-32-71-61(38-48)77(3,4)65-44-56(45-66-75(65)82(71)72-33-27-49(2)39-62(72)78(66,5)6)52-28-34-69-59(40-52)60-41-53(29-35-70(60)81(69)58-24-18-13-19-25-58)57-46-67-76-68(47-57)80(9,10)64-43-55(51-22-16-12-17-23-51)31-37-74(64)83(76)73-36-30-54(42-63(73)79(67,7)8)50-20-14-11-15-21-50/h11-47H,1-10H3. The molecule has 3 heteroatoms. The van der Waals surface area contributed by atoms with E-state index in [-0.39, 0.29) is 21.7 Å². The summed E-state index contributed by atoms with van der Waals surface area (Å²) >= 11 is 0. The Morgan fingerprint density at radius 1 is 0.253 bits per heavy atom. The zero-order valence-corrected chi connectivity index (χ0v) is 49.2. The summed E-state index contributed by atoms with van der Waals surface area (Å²) in [7, 11) is 0. The highest BCUT2D eigenvalue weighted by atomic mass is 15.2. The molecule has 3 nitrogen and oxygen atoms in total. The van der Waals surface area contributed by atoms with Crippen molar-refractivity contribution in [1.29, 1.82) is 0 Å². The quantitative estimate of drug-likeness (QED) is 0.170. The molecule has 0 saturated heterocycles. The molecule has 5 heterocycles. The number of aryl methyl sites for hydroxylation is 2. The molecule has 16 rings (SSSR count). The van der Waals surface area contributed by atoms with Crippen molar-refractivity contribution in [2.24, 2.45) is 0 Å². The van der Waals surface area contributed by atoms with Gasteiger partial charge in [0.05, 0.1) is 45.2 Å². The fraction of sp³-hybridized carbons (Fsp3) is 0.175. The molecule has 402 valence electrons. The smallest absolute Gasteiger partial charge is 0.0544 e. The van der Waals surface area contributed by atoms with Crippen LogP contribution in [0.15, 0.2) is 224 Å². The van der Waals surface area contributed by atoms with Crippen molar-refractivity contribution in [1.82, 2.24) is 4.57 Å². The van der Waals surface area contributed by atoms with Crippen molar-refractivity contribution < 1.29 is 0 Å². The third kappa shape index (κ3) is 6.98. The maximum absolute atomic E-state index is 2.60. The van der Waals surface area contributed by atoms with Crippen molar-refractivity contribution in [3.63, 3.8) is 0 Å². The third-order valence-corrected chi connectivity index (χ3v) is 20.0. The van der Waals surface area contributed by atoms with Gasteiger partial charge in [0.2, 0.25) is 0 Å². The fourth-order valence-electron chi connectivity index (χ4n) is 15.3. The van der Waals surface area contributed by atoms with Gasteiger partial charge < -0.3 is 14.4 Å². The van der Waals surface area contributed by atoms with Gasteiger partial charge in [0.1, 0.15) is 0 Å². The Morgan fingerprint density at radius 2 is 0.554 bits per heavy atom. The maximum atomic E-state index is 2.60. The van der Waals surface area contributed by atoms with Gasteiger partial charge in [-0.3, -0.25) is 0 Å². The number of hydrogen-bond acceptors (Lipinski definition) is 2. The van der Waals surface area contributed by atoms with Crippen molar-refractivity contribution in [3.8, 4) is 50.2 Å². The zero-order chi connectivity index (χ0) is 56.6. The van der Waals surface area contributed by atoms with E-state index in [1.165, 1.54) is 156 Å².